The van der Waals surface area contributed by atoms with Crippen LogP contribution < -0.4 is 5.32 Å². The van der Waals surface area contributed by atoms with Gasteiger partial charge in [-0.15, -0.1) is 0 Å². The van der Waals surface area contributed by atoms with E-state index >= 15 is 0 Å². The molecule has 1 aliphatic heterocycles. The fraction of sp³-hybridized carbons (Fsp3) is 0.700. The maximum absolute atomic E-state index is 3.80. The Morgan fingerprint density at radius 2 is 1.91 bits per heavy atom. The third-order valence-corrected chi connectivity index (χ3v) is 5.35. The molecular formula is C20H32N2. The van der Waals surface area contributed by atoms with Crippen LogP contribution in [0.4, 0.5) is 0 Å². The van der Waals surface area contributed by atoms with Crippen molar-refractivity contribution < 1.29 is 0 Å². The van der Waals surface area contributed by atoms with Crippen LogP contribution in [0, 0.1) is 0 Å². The Bertz CT molecular complexity index is 495. The first-order valence-corrected chi connectivity index (χ1v) is 9.13. The molecule has 1 aromatic rings. The van der Waals surface area contributed by atoms with Crippen LogP contribution in [0.3, 0.4) is 0 Å². The van der Waals surface area contributed by atoms with Crippen LogP contribution in [-0.4, -0.2) is 31.1 Å². The zero-order valence-corrected chi connectivity index (χ0v) is 14.6. The van der Waals surface area contributed by atoms with Gasteiger partial charge in [-0.2, -0.15) is 0 Å². The van der Waals surface area contributed by atoms with E-state index in [9.17, 15) is 0 Å². The van der Waals surface area contributed by atoms with E-state index in [0.29, 0.717) is 6.04 Å². The Kier molecular flexibility index (Phi) is 4.89. The highest BCUT2D eigenvalue weighted by atomic mass is 15.1. The molecule has 122 valence electrons. The van der Waals surface area contributed by atoms with Crippen LogP contribution in [0.25, 0.3) is 0 Å². The minimum Gasteiger partial charge on any atom is -0.309 e. The zero-order chi connectivity index (χ0) is 15.6. The van der Waals surface area contributed by atoms with Crippen molar-refractivity contribution >= 4 is 0 Å². The van der Waals surface area contributed by atoms with Crippen LogP contribution in [-0.2, 0) is 11.8 Å². The molecule has 0 spiro atoms. The van der Waals surface area contributed by atoms with Gasteiger partial charge in [0.15, 0.2) is 0 Å². The maximum atomic E-state index is 3.80. The molecule has 2 nitrogen and oxygen atoms in total. The summed E-state index contributed by atoms with van der Waals surface area (Å²) in [4.78, 5) is 2.62. The van der Waals surface area contributed by atoms with Crippen molar-refractivity contribution in [1.29, 1.82) is 0 Å². The smallest absolute Gasteiger partial charge is 0.0326 e. The second-order valence-corrected chi connectivity index (χ2v) is 8.11. The van der Waals surface area contributed by atoms with Crippen molar-refractivity contribution in [3.8, 4) is 0 Å². The molecule has 1 saturated heterocycles. The van der Waals surface area contributed by atoms with E-state index in [-0.39, 0.29) is 5.41 Å². The summed E-state index contributed by atoms with van der Waals surface area (Å²) in [6, 6.07) is 7.74. The number of fused-ring (bicyclic) bond motifs is 1. The van der Waals surface area contributed by atoms with Gasteiger partial charge >= 0.3 is 0 Å². The minimum atomic E-state index is 0.259. The molecule has 1 N–H and O–H groups in total. The van der Waals surface area contributed by atoms with Crippen LogP contribution in [0.15, 0.2) is 18.2 Å². The predicted octanol–water partition coefficient (Wildman–Crippen LogP) is 4.05. The number of nitrogens with zero attached hydrogens (tertiary/aromatic N) is 1. The van der Waals surface area contributed by atoms with E-state index in [0.717, 1.165) is 6.54 Å². The molecule has 0 aromatic heterocycles. The summed E-state index contributed by atoms with van der Waals surface area (Å²) in [5, 5.41) is 3.80. The van der Waals surface area contributed by atoms with Crippen molar-refractivity contribution in [2.45, 2.75) is 64.3 Å². The molecule has 22 heavy (non-hydrogen) atoms. The number of hydrogen-bond donors (Lipinski definition) is 1. The molecule has 1 heterocycles. The SMILES string of the molecule is CC(C)(C)c1ccc2c(c1)CCC2NCCN1CCCCC1. The van der Waals surface area contributed by atoms with Gasteiger partial charge in [-0.25, -0.2) is 0 Å². The average molecular weight is 300 g/mol. The Balaban J connectivity index is 1.55. The first-order valence-electron chi connectivity index (χ1n) is 9.13. The standard InChI is InChI=1S/C20H32N2/c1-20(2,3)17-8-9-18-16(15-17)7-10-19(18)21-11-14-22-12-5-4-6-13-22/h8-9,15,19,21H,4-7,10-14H2,1-3H3. The first-order chi connectivity index (χ1) is 10.5. The molecule has 0 bridgehead atoms. The highest BCUT2D eigenvalue weighted by molar-refractivity contribution is 5.40. The molecule has 0 saturated carbocycles. The van der Waals surface area contributed by atoms with Crippen molar-refractivity contribution in [2.24, 2.45) is 0 Å². The molecule has 1 fully saturated rings. The predicted molar refractivity (Wildman–Crippen MR) is 94.5 cm³/mol. The number of piperidine rings is 1. The molecule has 2 heteroatoms. The van der Waals surface area contributed by atoms with Crippen molar-refractivity contribution in [2.75, 3.05) is 26.2 Å². The van der Waals surface area contributed by atoms with Crippen molar-refractivity contribution in [3.05, 3.63) is 34.9 Å². The van der Waals surface area contributed by atoms with Crippen molar-refractivity contribution in [1.82, 2.24) is 10.2 Å². The molecule has 3 rings (SSSR count). The quantitative estimate of drug-likeness (QED) is 0.902. The lowest BCUT2D eigenvalue weighted by Gasteiger charge is -2.27. The third kappa shape index (κ3) is 3.72. The van der Waals surface area contributed by atoms with E-state index in [1.165, 1.54) is 57.3 Å². The second kappa shape index (κ2) is 6.72. The van der Waals surface area contributed by atoms with Gasteiger partial charge in [-0.3, -0.25) is 0 Å². The lowest BCUT2D eigenvalue weighted by molar-refractivity contribution is 0.226. The summed E-state index contributed by atoms with van der Waals surface area (Å²) in [5.41, 5.74) is 4.85. The number of likely N-dealkylation sites (tertiary alicyclic amines) is 1. The van der Waals surface area contributed by atoms with Gasteiger partial charge in [-0.1, -0.05) is 45.4 Å². The Morgan fingerprint density at radius 1 is 1.14 bits per heavy atom. The Labute approximate surface area is 136 Å². The fourth-order valence-electron chi connectivity index (χ4n) is 3.88. The number of hydrogen-bond acceptors (Lipinski definition) is 2. The summed E-state index contributed by atoms with van der Waals surface area (Å²) in [6.07, 6.45) is 6.71. The molecule has 1 atom stereocenters. The maximum Gasteiger partial charge on any atom is 0.0326 e. The topological polar surface area (TPSA) is 15.3 Å². The van der Waals surface area contributed by atoms with Crippen LogP contribution in [0.5, 0.6) is 0 Å². The van der Waals surface area contributed by atoms with Gasteiger partial charge < -0.3 is 10.2 Å². The normalized spacial score (nSPS) is 22.8. The molecule has 0 amide bonds. The Hall–Kier alpha value is -0.860. The number of aryl methyl sites for hydroxylation is 1. The highest BCUT2D eigenvalue weighted by Crippen LogP contribution is 2.34. The fourth-order valence-corrected chi connectivity index (χ4v) is 3.88. The van der Waals surface area contributed by atoms with Crippen LogP contribution in [0.2, 0.25) is 0 Å². The van der Waals surface area contributed by atoms with Gasteiger partial charge in [0.2, 0.25) is 0 Å². The van der Waals surface area contributed by atoms with Gasteiger partial charge in [0.25, 0.3) is 0 Å². The van der Waals surface area contributed by atoms with E-state index in [4.69, 9.17) is 0 Å². The van der Waals surface area contributed by atoms with E-state index in [2.05, 4.69) is 49.2 Å². The molecule has 0 radical (unpaired) electrons. The molecule has 1 aromatic carbocycles. The molecule has 1 unspecified atom stereocenters. The van der Waals surface area contributed by atoms with E-state index < -0.39 is 0 Å². The molecule has 1 aliphatic carbocycles. The number of nitrogens with one attached hydrogen (secondary N) is 1. The third-order valence-electron chi connectivity index (χ3n) is 5.35. The summed E-state index contributed by atoms with van der Waals surface area (Å²) in [7, 11) is 0. The summed E-state index contributed by atoms with van der Waals surface area (Å²) < 4.78 is 0. The van der Waals surface area contributed by atoms with E-state index in [1.807, 2.05) is 0 Å². The zero-order valence-electron chi connectivity index (χ0n) is 14.6. The van der Waals surface area contributed by atoms with Gasteiger partial charge in [0, 0.05) is 19.1 Å². The average Bonchev–Trinajstić information content (AvgIpc) is 2.90. The minimum absolute atomic E-state index is 0.259. The van der Waals surface area contributed by atoms with Gasteiger partial charge in [-0.05, 0) is 60.9 Å². The number of benzene rings is 1. The highest BCUT2D eigenvalue weighted by Gasteiger charge is 2.24. The lowest BCUT2D eigenvalue weighted by Crippen LogP contribution is -2.36. The van der Waals surface area contributed by atoms with Crippen LogP contribution >= 0.6 is 0 Å². The molecule has 2 aliphatic rings. The Morgan fingerprint density at radius 3 is 2.64 bits per heavy atom. The monoisotopic (exact) mass is 300 g/mol. The lowest BCUT2D eigenvalue weighted by atomic mass is 9.85. The summed E-state index contributed by atoms with van der Waals surface area (Å²) >= 11 is 0. The van der Waals surface area contributed by atoms with Gasteiger partial charge in [0.1, 0.15) is 0 Å². The summed E-state index contributed by atoms with van der Waals surface area (Å²) in [6.45, 7) is 11.9. The van der Waals surface area contributed by atoms with E-state index in [1.54, 1.807) is 11.1 Å². The number of rotatable bonds is 4. The van der Waals surface area contributed by atoms with Crippen LogP contribution in [0.1, 0.15) is 69.2 Å². The summed E-state index contributed by atoms with van der Waals surface area (Å²) in [5.74, 6) is 0. The molecular weight excluding hydrogens is 268 g/mol. The first kappa shape index (κ1) is 16.0. The largest absolute Gasteiger partial charge is 0.309 e. The van der Waals surface area contributed by atoms with Gasteiger partial charge in [0.05, 0.1) is 0 Å². The second-order valence-electron chi connectivity index (χ2n) is 8.11. The van der Waals surface area contributed by atoms with Crippen molar-refractivity contribution in [3.63, 3.8) is 0 Å².